The Hall–Kier alpha value is -4.74. The van der Waals surface area contributed by atoms with Gasteiger partial charge in [-0.15, -0.1) is 0 Å². The molecule has 1 aromatic heterocycles. The van der Waals surface area contributed by atoms with Crippen LogP contribution >= 0.6 is 0 Å². The van der Waals surface area contributed by atoms with E-state index in [2.05, 4.69) is 15.7 Å². The molecule has 4 N–H and O–H groups in total. The summed E-state index contributed by atoms with van der Waals surface area (Å²) < 4.78 is 63.0. The first-order chi connectivity index (χ1) is 21.7. The number of fused-ring (bicyclic) bond motifs is 1. The molecule has 232 valence electrons. The zero-order chi connectivity index (χ0) is 31.7. The summed E-state index contributed by atoms with van der Waals surface area (Å²) in [5.41, 5.74) is 6.19. The van der Waals surface area contributed by atoms with E-state index in [0.717, 1.165) is 40.4 Å². The van der Waals surface area contributed by atoms with E-state index in [4.69, 9.17) is 10.5 Å². The maximum atomic E-state index is 15.3. The first-order valence-electron chi connectivity index (χ1n) is 14.5. The van der Waals surface area contributed by atoms with E-state index in [0.29, 0.717) is 28.9 Å². The molecule has 0 radical (unpaired) electrons. The summed E-state index contributed by atoms with van der Waals surface area (Å²) >= 11 is 0. The molecule has 45 heavy (non-hydrogen) atoms. The minimum absolute atomic E-state index is 0.137. The molecule has 1 amide bonds. The van der Waals surface area contributed by atoms with Crippen molar-refractivity contribution in [3.8, 4) is 11.4 Å². The van der Waals surface area contributed by atoms with Crippen LogP contribution in [-0.2, 0) is 12.7 Å². The van der Waals surface area contributed by atoms with Gasteiger partial charge in [0.25, 0.3) is 5.91 Å². The van der Waals surface area contributed by atoms with Gasteiger partial charge in [0.2, 0.25) is 0 Å². The number of nitrogens with one attached hydrogen (secondary N) is 2. The van der Waals surface area contributed by atoms with Gasteiger partial charge in [0.1, 0.15) is 17.3 Å². The number of nitrogens with zero attached hydrogens (tertiary/aromatic N) is 2. The zero-order valence-electron chi connectivity index (χ0n) is 24.4. The van der Waals surface area contributed by atoms with Crippen molar-refractivity contribution < 1.29 is 27.1 Å². The number of carbonyl (C=O) groups excluding carboxylic acids is 1. The molecular formula is C34H31F4N5O2. The van der Waals surface area contributed by atoms with Crippen molar-refractivity contribution in [1.82, 2.24) is 15.1 Å². The second-order valence-electron chi connectivity index (χ2n) is 11.1. The molecule has 0 saturated heterocycles. The number of halogens is 4. The van der Waals surface area contributed by atoms with Crippen LogP contribution in [0.2, 0.25) is 0 Å². The van der Waals surface area contributed by atoms with Crippen LogP contribution in [0.15, 0.2) is 84.9 Å². The van der Waals surface area contributed by atoms with Crippen LogP contribution < -0.4 is 21.1 Å². The van der Waals surface area contributed by atoms with Crippen LogP contribution in [0.25, 0.3) is 16.5 Å². The van der Waals surface area contributed by atoms with E-state index >= 15 is 4.39 Å². The molecule has 6 rings (SSSR count). The highest BCUT2D eigenvalue weighted by Crippen LogP contribution is 2.39. The lowest BCUT2D eigenvalue weighted by Crippen LogP contribution is -2.26. The summed E-state index contributed by atoms with van der Waals surface area (Å²) in [4.78, 5) is 13.5. The van der Waals surface area contributed by atoms with Crippen molar-refractivity contribution in [2.75, 3.05) is 19.0 Å². The molecule has 1 heterocycles. The molecule has 1 fully saturated rings. The fourth-order valence-electron chi connectivity index (χ4n) is 5.44. The third-order valence-electron chi connectivity index (χ3n) is 7.94. The molecule has 1 aliphatic carbocycles. The van der Waals surface area contributed by atoms with Crippen molar-refractivity contribution >= 4 is 22.4 Å². The minimum atomic E-state index is -4.81. The van der Waals surface area contributed by atoms with E-state index < -0.39 is 35.3 Å². The lowest BCUT2D eigenvalue weighted by Gasteiger charge is -2.24. The molecule has 1 aliphatic rings. The van der Waals surface area contributed by atoms with Crippen LogP contribution in [0, 0.1) is 11.7 Å². The highest BCUT2D eigenvalue weighted by molar-refractivity contribution is 6.03. The van der Waals surface area contributed by atoms with E-state index in [9.17, 15) is 18.0 Å². The van der Waals surface area contributed by atoms with Crippen molar-refractivity contribution in [3.05, 3.63) is 119 Å². The molecule has 1 atom stereocenters. The Morgan fingerprint density at radius 2 is 1.84 bits per heavy atom. The highest BCUT2D eigenvalue weighted by Gasteiger charge is 2.36. The molecule has 4 aromatic carbocycles. The second kappa shape index (κ2) is 12.3. The van der Waals surface area contributed by atoms with Crippen molar-refractivity contribution in [1.29, 1.82) is 0 Å². The minimum Gasteiger partial charge on any atom is -0.496 e. The molecule has 0 bridgehead atoms. The van der Waals surface area contributed by atoms with Crippen LogP contribution in [0.3, 0.4) is 0 Å². The average molecular weight is 618 g/mol. The third-order valence-corrected chi connectivity index (χ3v) is 7.94. The van der Waals surface area contributed by atoms with Gasteiger partial charge >= 0.3 is 6.18 Å². The van der Waals surface area contributed by atoms with Gasteiger partial charge in [-0.05, 0) is 77.5 Å². The number of hydrogen-bond donors (Lipinski definition) is 3. The number of anilines is 1. The topological polar surface area (TPSA) is 94.2 Å². The first-order valence-corrected chi connectivity index (χ1v) is 14.5. The number of alkyl halides is 3. The van der Waals surface area contributed by atoms with Crippen LogP contribution in [0.1, 0.15) is 51.8 Å². The number of benzene rings is 4. The molecule has 0 aliphatic heterocycles. The molecule has 5 aromatic rings. The van der Waals surface area contributed by atoms with E-state index in [1.165, 1.54) is 18.2 Å². The number of methoxy groups -OCH3 is 1. The monoisotopic (exact) mass is 617 g/mol. The summed E-state index contributed by atoms with van der Waals surface area (Å²) in [5.74, 6) is -0.545. The lowest BCUT2D eigenvalue weighted by atomic mass is 9.92. The normalized spacial score (nSPS) is 14.0. The second-order valence-corrected chi connectivity index (χ2v) is 11.1. The van der Waals surface area contributed by atoms with Gasteiger partial charge in [0, 0.05) is 18.2 Å². The molecule has 0 spiro atoms. The van der Waals surface area contributed by atoms with Gasteiger partial charge < -0.3 is 21.1 Å². The number of rotatable bonds is 10. The fourth-order valence-corrected chi connectivity index (χ4v) is 5.44. The molecular weight excluding hydrogens is 586 g/mol. The van der Waals surface area contributed by atoms with Crippen molar-refractivity contribution in [3.63, 3.8) is 0 Å². The van der Waals surface area contributed by atoms with Gasteiger partial charge in [-0.3, -0.25) is 4.79 Å². The van der Waals surface area contributed by atoms with Crippen LogP contribution in [-0.4, -0.2) is 29.3 Å². The summed E-state index contributed by atoms with van der Waals surface area (Å²) in [5, 5.41) is 11.7. The first kappa shape index (κ1) is 30.3. The average Bonchev–Trinajstić information content (AvgIpc) is 3.75. The summed E-state index contributed by atoms with van der Waals surface area (Å²) in [6, 6.07) is 22.6. The number of nitrogens with two attached hydrogens (primary N) is 1. The largest absolute Gasteiger partial charge is 0.496 e. The Morgan fingerprint density at radius 1 is 1.04 bits per heavy atom. The van der Waals surface area contributed by atoms with Gasteiger partial charge in [0.15, 0.2) is 5.69 Å². The zero-order valence-corrected chi connectivity index (χ0v) is 24.4. The molecule has 1 saturated carbocycles. The van der Waals surface area contributed by atoms with E-state index in [1.807, 2.05) is 36.4 Å². The van der Waals surface area contributed by atoms with Crippen LogP contribution in [0.5, 0.6) is 5.75 Å². The smallest absolute Gasteiger partial charge is 0.435 e. The van der Waals surface area contributed by atoms with Gasteiger partial charge in [-0.1, -0.05) is 48.5 Å². The summed E-state index contributed by atoms with van der Waals surface area (Å²) in [6.07, 6.45) is -2.59. The molecule has 0 unspecified atom stereocenters. The SMILES string of the molecule is COc1ccc2ccccc2c1[C@H](NCC1CC1)c1ccc(F)c(NC(=O)c2cc(C(F)(F)F)nn2-c2cccc(CN)c2)c1. The Labute approximate surface area is 257 Å². The maximum absolute atomic E-state index is 15.3. The fraction of sp³-hybridized carbons (Fsp3) is 0.235. The summed E-state index contributed by atoms with van der Waals surface area (Å²) in [7, 11) is 1.59. The Bertz CT molecular complexity index is 1870. The summed E-state index contributed by atoms with van der Waals surface area (Å²) in [6.45, 7) is 0.857. The van der Waals surface area contributed by atoms with Crippen LogP contribution in [0.4, 0.5) is 23.2 Å². The maximum Gasteiger partial charge on any atom is 0.435 e. The molecule has 11 heteroatoms. The predicted molar refractivity (Wildman–Crippen MR) is 164 cm³/mol. The van der Waals surface area contributed by atoms with Gasteiger partial charge in [-0.25, -0.2) is 9.07 Å². The number of aromatic nitrogens is 2. The quantitative estimate of drug-likeness (QED) is 0.147. The van der Waals surface area contributed by atoms with Crippen molar-refractivity contribution in [2.45, 2.75) is 31.6 Å². The number of hydrogen-bond acceptors (Lipinski definition) is 5. The lowest BCUT2D eigenvalue weighted by molar-refractivity contribution is -0.141. The predicted octanol–water partition coefficient (Wildman–Crippen LogP) is 6.99. The number of amides is 1. The van der Waals surface area contributed by atoms with Crippen molar-refractivity contribution in [2.24, 2.45) is 11.7 Å². The van der Waals surface area contributed by atoms with E-state index in [-0.39, 0.29) is 17.9 Å². The highest BCUT2D eigenvalue weighted by atomic mass is 19.4. The third kappa shape index (κ3) is 6.40. The Kier molecular flexibility index (Phi) is 8.30. The standard InChI is InChI=1S/C34H31F4N5O2/c1-45-29-14-12-22-6-2-3-8-25(22)31(29)32(40-19-20-9-10-20)23-11-13-26(35)27(16-23)41-33(44)28-17-30(34(36,37)38)42-43(28)24-7-4-5-21(15-24)18-39/h2-8,11-17,20,32,40H,9-10,18-19,39H2,1H3,(H,41,44)/t32-/m1/s1. The van der Waals surface area contributed by atoms with E-state index in [1.54, 1.807) is 31.4 Å². The Balaban J connectivity index is 1.40. The molecule has 7 nitrogen and oxygen atoms in total. The number of carbonyl (C=O) groups is 1. The van der Waals surface area contributed by atoms with Gasteiger partial charge in [0.05, 0.1) is 24.5 Å². The number of ether oxygens (including phenoxy) is 1. The van der Waals surface area contributed by atoms with Gasteiger partial charge in [-0.2, -0.15) is 18.3 Å². The Morgan fingerprint density at radius 3 is 2.58 bits per heavy atom.